The number of hydrogen-bond donors (Lipinski definition) is 3. The number of amides is 1. The number of benzene rings is 3. The predicted octanol–water partition coefficient (Wildman–Crippen LogP) is 4.57. The molecule has 1 heterocycles. The maximum atomic E-state index is 13.5. The summed E-state index contributed by atoms with van der Waals surface area (Å²) in [5.41, 5.74) is 0.862. The number of fused-ring (bicyclic) bond motifs is 1. The van der Waals surface area contributed by atoms with E-state index in [1.807, 2.05) is 0 Å². The Morgan fingerprint density at radius 1 is 1.08 bits per heavy atom. The van der Waals surface area contributed by atoms with E-state index in [9.17, 15) is 18.3 Å². The normalized spacial score (nSPS) is 18.6. The Bertz CT molecular complexity index is 1410. The molecule has 0 aliphatic carbocycles. The van der Waals surface area contributed by atoms with Gasteiger partial charge in [-0.25, -0.2) is 13.1 Å². The van der Waals surface area contributed by atoms with E-state index in [2.05, 4.69) is 26.0 Å². The van der Waals surface area contributed by atoms with Crippen molar-refractivity contribution in [1.82, 2.24) is 4.72 Å². The van der Waals surface area contributed by atoms with Gasteiger partial charge in [0.05, 0.1) is 13.2 Å². The number of nitrogens with one attached hydrogen (secondary N) is 2. The number of ether oxygens (including phenoxy) is 2. The predicted molar refractivity (Wildman–Crippen MR) is 140 cm³/mol. The van der Waals surface area contributed by atoms with Gasteiger partial charge >= 0.3 is 0 Å². The van der Waals surface area contributed by atoms with Crippen LogP contribution in [0.5, 0.6) is 11.5 Å². The first kappa shape index (κ1) is 26.2. The second kappa shape index (κ2) is 9.85. The third-order valence-electron chi connectivity index (χ3n) is 6.00. The number of aryl methyl sites for hydroxylation is 1. The Kier molecular flexibility index (Phi) is 7.16. The number of anilines is 1. The lowest BCUT2D eigenvalue weighted by atomic mass is 9.86. The number of carbonyl (C=O) groups is 1. The average Bonchev–Trinajstić information content (AvgIpc) is 2.83. The summed E-state index contributed by atoms with van der Waals surface area (Å²) in [5, 5.41) is 13.9. The maximum absolute atomic E-state index is 13.5. The Morgan fingerprint density at radius 2 is 1.78 bits per heavy atom. The SMILES string of the molecule is COc1ccc(C)cc1S(=O)(=O)N[C@@H]1c2cc(C(=O)Nc3ccc(Br)cc3)ccc2OC(C)(C)[C@H]1O. The zero-order chi connectivity index (χ0) is 26.3. The number of aliphatic hydroxyl groups excluding tert-OH is 1. The van der Waals surface area contributed by atoms with Gasteiger partial charge in [0, 0.05) is 21.3 Å². The van der Waals surface area contributed by atoms with Crippen molar-refractivity contribution in [3.63, 3.8) is 0 Å². The highest BCUT2D eigenvalue weighted by molar-refractivity contribution is 9.10. The number of sulfonamides is 1. The van der Waals surface area contributed by atoms with Crippen LogP contribution in [0.3, 0.4) is 0 Å². The van der Waals surface area contributed by atoms with Crippen molar-refractivity contribution < 1.29 is 27.8 Å². The van der Waals surface area contributed by atoms with Crippen molar-refractivity contribution in [1.29, 1.82) is 0 Å². The second-order valence-corrected chi connectivity index (χ2v) is 11.7. The molecule has 1 aliphatic rings. The highest BCUT2D eigenvalue weighted by atomic mass is 79.9. The van der Waals surface area contributed by atoms with E-state index in [4.69, 9.17) is 9.47 Å². The van der Waals surface area contributed by atoms with Gasteiger partial charge in [-0.3, -0.25) is 4.79 Å². The molecule has 0 spiro atoms. The zero-order valence-electron chi connectivity index (χ0n) is 20.2. The van der Waals surface area contributed by atoms with E-state index in [1.165, 1.54) is 19.2 Å². The maximum Gasteiger partial charge on any atom is 0.255 e. The number of halogens is 1. The lowest BCUT2D eigenvalue weighted by molar-refractivity contribution is -0.0603. The summed E-state index contributed by atoms with van der Waals surface area (Å²) in [7, 11) is -2.74. The van der Waals surface area contributed by atoms with Crippen LogP contribution in [0, 0.1) is 6.92 Å². The van der Waals surface area contributed by atoms with E-state index in [1.54, 1.807) is 69.3 Å². The topological polar surface area (TPSA) is 114 Å². The molecular weight excluding hydrogens is 548 g/mol. The molecule has 190 valence electrons. The summed E-state index contributed by atoms with van der Waals surface area (Å²) in [6.45, 7) is 5.11. The number of carbonyl (C=O) groups excluding carboxylic acids is 1. The lowest BCUT2D eigenvalue weighted by Gasteiger charge is -2.42. The van der Waals surface area contributed by atoms with Gasteiger partial charge in [-0.15, -0.1) is 0 Å². The fourth-order valence-corrected chi connectivity index (χ4v) is 5.77. The van der Waals surface area contributed by atoms with Crippen molar-refractivity contribution in [2.45, 2.75) is 43.4 Å². The first-order chi connectivity index (χ1) is 16.9. The molecular formula is C26H27BrN2O6S. The van der Waals surface area contributed by atoms with E-state index >= 15 is 0 Å². The van der Waals surface area contributed by atoms with Crippen LogP contribution in [0.2, 0.25) is 0 Å². The first-order valence-corrected chi connectivity index (χ1v) is 13.4. The van der Waals surface area contributed by atoms with Crippen LogP contribution in [0.15, 0.2) is 70.0 Å². The molecule has 2 atom stereocenters. The van der Waals surface area contributed by atoms with Gasteiger partial charge in [-0.05, 0) is 80.9 Å². The molecule has 3 aromatic carbocycles. The third kappa shape index (κ3) is 5.27. The summed E-state index contributed by atoms with van der Waals surface area (Å²) >= 11 is 3.36. The second-order valence-electron chi connectivity index (χ2n) is 9.12. The number of hydrogen-bond acceptors (Lipinski definition) is 6. The molecule has 8 nitrogen and oxygen atoms in total. The van der Waals surface area contributed by atoms with Crippen molar-refractivity contribution in [3.8, 4) is 11.5 Å². The van der Waals surface area contributed by atoms with Crippen LogP contribution >= 0.6 is 15.9 Å². The highest BCUT2D eigenvalue weighted by Gasteiger charge is 2.45. The van der Waals surface area contributed by atoms with Gasteiger partial charge in [0.1, 0.15) is 28.1 Å². The van der Waals surface area contributed by atoms with E-state index in [-0.39, 0.29) is 22.1 Å². The van der Waals surface area contributed by atoms with Crippen LogP contribution in [-0.2, 0) is 10.0 Å². The smallest absolute Gasteiger partial charge is 0.255 e. The molecule has 10 heteroatoms. The lowest BCUT2D eigenvalue weighted by Crippen LogP contribution is -2.53. The number of aliphatic hydroxyl groups is 1. The standard InChI is InChI=1S/C26H27BrN2O6S/c1-15-5-11-21(34-4)22(13-15)36(32,33)29-23-19-14-16(6-12-20(19)35-26(2,3)24(23)30)25(31)28-18-9-7-17(27)8-10-18/h5-14,23-24,29-30H,1-4H3,(H,28,31)/t23-,24+/m1/s1. The molecule has 36 heavy (non-hydrogen) atoms. The van der Waals surface area contributed by atoms with Gasteiger partial charge in [0.15, 0.2) is 0 Å². The molecule has 0 saturated heterocycles. The summed E-state index contributed by atoms with van der Waals surface area (Å²) in [6.07, 6.45) is -1.25. The van der Waals surface area contributed by atoms with Crippen LogP contribution in [0.1, 0.15) is 41.4 Å². The molecule has 0 bridgehead atoms. The first-order valence-electron chi connectivity index (χ1n) is 11.2. The number of methoxy groups -OCH3 is 1. The Labute approximate surface area is 218 Å². The minimum atomic E-state index is -4.13. The molecule has 0 saturated carbocycles. The summed E-state index contributed by atoms with van der Waals surface area (Å²) in [6, 6.07) is 15.6. The molecule has 3 aromatic rings. The van der Waals surface area contributed by atoms with E-state index < -0.39 is 27.8 Å². The molecule has 3 N–H and O–H groups in total. The molecule has 0 aromatic heterocycles. The molecule has 0 unspecified atom stereocenters. The van der Waals surface area contributed by atoms with Crippen molar-refractivity contribution >= 4 is 37.5 Å². The van der Waals surface area contributed by atoms with Gasteiger partial charge in [-0.1, -0.05) is 22.0 Å². The Morgan fingerprint density at radius 3 is 2.44 bits per heavy atom. The number of rotatable bonds is 6. The van der Waals surface area contributed by atoms with Gasteiger partial charge in [0.2, 0.25) is 10.0 Å². The molecule has 0 radical (unpaired) electrons. The van der Waals surface area contributed by atoms with Crippen LogP contribution in [0.25, 0.3) is 0 Å². The van der Waals surface area contributed by atoms with Gasteiger partial charge in [0.25, 0.3) is 5.91 Å². The summed E-state index contributed by atoms with van der Waals surface area (Å²) < 4.78 is 41.7. The summed E-state index contributed by atoms with van der Waals surface area (Å²) in [5.74, 6) is 0.160. The van der Waals surface area contributed by atoms with Crippen molar-refractivity contribution in [3.05, 3.63) is 81.8 Å². The van der Waals surface area contributed by atoms with E-state index in [0.717, 1.165) is 10.0 Å². The van der Waals surface area contributed by atoms with Gasteiger partial charge in [-0.2, -0.15) is 0 Å². The Balaban J connectivity index is 1.72. The van der Waals surface area contributed by atoms with Crippen LogP contribution in [0.4, 0.5) is 5.69 Å². The zero-order valence-corrected chi connectivity index (χ0v) is 22.6. The minimum absolute atomic E-state index is 0.0489. The summed E-state index contributed by atoms with van der Waals surface area (Å²) in [4.78, 5) is 12.9. The Hall–Kier alpha value is -2.92. The van der Waals surface area contributed by atoms with Crippen molar-refractivity contribution in [2.24, 2.45) is 0 Å². The van der Waals surface area contributed by atoms with Gasteiger partial charge < -0.3 is 19.9 Å². The van der Waals surface area contributed by atoms with Crippen molar-refractivity contribution in [2.75, 3.05) is 12.4 Å². The average molecular weight is 575 g/mol. The van der Waals surface area contributed by atoms with Crippen LogP contribution in [-0.4, -0.2) is 38.2 Å². The van der Waals surface area contributed by atoms with E-state index in [0.29, 0.717) is 17.0 Å². The molecule has 0 fully saturated rings. The molecule has 1 aliphatic heterocycles. The molecule has 1 amide bonds. The monoisotopic (exact) mass is 574 g/mol. The fourth-order valence-electron chi connectivity index (χ4n) is 4.03. The highest BCUT2D eigenvalue weighted by Crippen LogP contribution is 2.41. The molecule has 4 rings (SSSR count). The fraction of sp³-hybridized carbons (Fsp3) is 0.269. The minimum Gasteiger partial charge on any atom is -0.495 e. The third-order valence-corrected chi connectivity index (χ3v) is 7.99. The largest absolute Gasteiger partial charge is 0.495 e. The van der Waals surface area contributed by atoms with Crippen LogP contribution < -0.4 is 19.5 Å². The quantitative estimate of drug-likeness (QED) is 0.397.